The molecule has 0 unspecified atom stereocenters. The molecule has 0 atom stereocenters. The van der Waals surface area contributed by atoms with Crippen LogP contribution in [0.3, 0.4) is 0 Å². The van der Waals surface area contributed by atoms with Gasteiger partial charge in [-0.1, -0.05) is 18.2 Å². The number of nitrogens with one attached hydrogen (secondary N) is 2. The van der Waals surface area contributed by atoms with Crippen LogP contribution in [0.15, 0.2) is 48.5 Å². The number of hydrogen-bond donors (Lipinski definition) is 2. The zero-order valence-electron chi connectivity index (χ0n) is 11.9. The second kappa shape index (κ2) is 7.21. The van der Waals surface area contributed by atoms with E-state index >= 15 is 0 Å². The molecule has 2 amide bonds. The molecule has 6 heteroatoms. The predicted molar refractivity (Wildman–Crippen MR) is 81.3 cm³/mol. The van der Waals surface area contributed by atoms with Gasteiger partial charge in [0.1, 0.15) is 11.6 Å². The molecule has 2 N–H and O–H groups in total. The Hall–Kier alpha value is -2.89. The smallest absolute Gasteiger partial charge is 0.262 e. The Kier molecular flexibility index (Phi) is 5.08. The zero-order chi connectivity index (χ0) is 15.9. The fraction of sp³-hybridized carbons (Fsp3) is 0.125. The monoisotopic (exact) mass is 302 g/mol. The van der Waals surface area contributed by atoms with Crippen molar-refractivity contribution in [1.29, 1.82) is 0 Å². The van der Waals surface area contributed by atoms with Gasteiger partial charge in [-0.2, -0.15) is 0 Å². The van der Waals surface area contributed by atoms with Crippen LogP contribution in [0.4, 0.5) is 15.8 Å². The van der Waals surface area contributed by atoms with Crippen molar-refractivity contribution in [2.75, 3.05) is 17.2 Å². The summed E-state index contributed by atoms with van der Waals surface area (Å²) < 4.78 is 18.6. The Balaban J connectivity index is 2.01. The average molecular weight is 302 g/mol. The van der Waals surface area contributed by atoms with Crippen LogP contribution < -0.4 is 15.4 Å². The molecule has 2 aromatic carbocycles. The third-order valence-electron chi connectivity index (χ3n) is 2.68. The first-order chi connectivity index (χ1) is 10.5. The van der Waals surface area contributed by atoms with Gasteiger partial charge in [-0.3, -0.25) is 9.59 Å². The molecule has 0 bridgehead atoms. The number of halogens is 1. The molecule has 0 fully saturated rings. The molecule has 5 nitrogen and oxygen atoms in total. The van der Waals surface area contributed by atoms with Crippen molar-refractivity contribution in [3.63, 3.8) is 0 Å². The fourth-order valence-corrected chi connectivity index (χ4v) is 1.77. The first kappa shape index (κ1) is 15.5. The van der Waals surface area contributed by atoms with E-state index in [1.165, 1.54) is 19.1 Å². The molecule has 0 saturated heterocycles. The molecule has 0 aliphatic carbocycles. The highest BCUT2D eigenvalue weighted by Gasteiger charge is 2.10. The van der Waals surface area contributed by atoms with Crippen LogP contribution in [0.5, 0.6) is 5.75 Å². The molecule has 0 aliphatic heterocycles. The van der Waals surface area contributed by atoms with Gasteiger partial charge in [0, 0.05) is 6.92 Å². The standard InChI is InChI=1S/C16H15FN2O3/c1-11(20)18-14-8-7-12(17)9-15(14)19-16(21)10-22-13-5-3-2-4-6-13/h2-9H,10H2,1H3,(H,18,20)(H,19,21). The molecule has 0 heterocycles. The van der Waals surface area contributed by atoms with E-state index in [9.17, 15) is 14.0 Å². The Labute approximate surface area is 127 Å². The number of carbonyl (C=O) groups excluding carboxylic acids is 2. The van der Waals surface area contributed by atoms with Crippen LogP contribution in [0, 0.1) is 5.82 Å². The van der Waals surface area contributed by atoms with Gasteiger partial charge in [0.15, 0.2) is 6.61 Å². The summed E-state index contributed by atoms with van der Waals surface area (Å²) in [4.78, 5) is 23.0. The van der Waals surface area contributed by atoms with E-state index in [1.54, 1.807) is 24.3 Å². The topological polar surface area (TPSA) is 67.4 Å². The highest BCUT2D eigenvalue weighted by molar-refractivity contribution is 5.99. The van der Waals surface area contributed by atoms with Crippen LogP contribution in [0.2, 0.25) is 0 Å². The van der Waals surface area contributed by atoms with E-state index in [0.29, 0.717) is 11.4 Å². The van der Waals surface area contributed by atoms with Gasteiger partial charge in [-0.15, -0.1) is 0 Å². The molecule has 2 rings (SSSR count). The number of rotatable bonds is 5. The summed E-state index contributed by atoms with van der Waals surface area (Å²) in [6, 6.07) is 12.6. The third-order valence-corrected chi connectivity index (χ3v) is 2.68. The van der Waals surface area contributed by atoms with E-state index in [4.69, 9.17) is 4.74 Å². The lowest BCUT2D eigenvalue weighted by molar-refractivity contribution is -0.118. The van der Waals surface area contributed by atoms with Gasteiger partial charge in [0.25, 0.3) is 5.91 Å². The number of anilines is 2. The first-order valence-corrected chi connectivity index (χ1v) is 6.59. The number of para-hydroxylation sites is 1. The maximum absolute atomic E-state index is 13.3. The van der Waals surface area contributed by atoms with Crippen molar-refractivity contribution in [2.45, 2.75) is 6.92 Å². The lowest BCUT2D eigenvalue weighted by Gasteiger charge is -2.12. The Morgan fingerprint density at radius 2 is 1.77 bits per heavy atom. The maximum atomic E-state index is 13.3. The second-order valence-electron chi connectivity index (χ2n) is 4.52. The molecule has 0 aliphatic rings. The minimum atomic E-state index is -0.520. The molecular formula is C16H15FN2O3. The summed E-state index contributed by atoms with van der Waals surface area (Å²) in [5.74, 6) is -0.740. The van der Waals surface area contributed by atoms with E-state index in [-0.39, 0.29) is 18.2 Å². The minimum absolute atomic E-state index is 0.178. The Morgan fingerprint density at radius 1 is 1.05 bits per heavy atom. The van der Waals surface area contributed by atoms with Crippen molar-refractivity contribution in [3.8, 4) is 5.75 Å². The van der Waals surface area contributed by atoms with E-state index in [2.05, 4.69) is 10.6 Å². The average Bonchev–Trinajstić information content (AvgIpc) is 2.49. The first-order valence-electron chi connectivity index (χ1n) is 6.59. The summed E-state index contributed by atoms with van der Waals surface area (Å²) in [5, 5.41) is 5.03. The molecule has 0 radical (unpaired) electrons. The van der Waals surface area contributed by atoms with Gasteiger partial charge >= 0.3 is 0 Å². The molecule has 2 aromatic rings. The normalized spacial score (nSPS) is 9.91. The number of ether oxygens (including phenoxy) is 1. The number of benzene rings is 2. The molecule has 0 aromatic heterocycles. The fourth-order valence-electron chi connectivity index (χ4n) is 1.77. The lowest BCUT2D eigenvalue weighted by Crippen LogP contribution is -2.21. The van der Waals surface area contributed by atoms with Gasteiger partial charge < -0.3 is 15.4 Å². The maximum Gasteiger partial charge on any atom is 0.262 e. The molecular weight excluding hydrogens is 287 g/mol. The number of carbonyl (C=O) groups is 2. The van der Waals surface area contributed by atoms with Crippen LogP contribution in [-0.4, -0.2) is 18.4 Å². The van der Waals surface area contributed by atoms with E-state index < -0.39 is 11.7 Å². The Bertz CT molecular complexity index is 674. The van der Waals surface area contributed by atoms with Gasteiger partial charge in [0.05, 0.1) is 11.4 Å². The highest BCUT2D eigenvalue weighted by atomic mass is 19.1. The summed E-state index contributed by atoms with van der Waals surface area (Å²) in [6.45, 7) is 1.10. The lowest BCUT2D eigenvalue weighted by atomic mass is 10.2. The van der Waals surface area contributed by atoms with Crippen molar-refractivity contribution in [2.24, 2.45) is 0 Å². The van der Waals surface area contributed by atoms with Crippen molar-refractivity contribution in [3.05, 3.63) is 54.3 Å². The molecule has 114 valence electrons. The SMILES string of the molecule is CC(=O)Nc1ccc(F)cc1NC(=O)COc1ccccc1. The molecule has 0 spiro atoms. The van der Waals surface area contributed by atoms with Crippen LogP contribution >= 0.6 is 0 Å². The quantitative estimate of drug-likeness (QED) is 0.892. The van der Waals surface area contributed by atoms with Crippen molar-refractivity contribution >= 4 is 23.2 Å². The van der Waals surface area contributed by atoms with Crippen LogP contribution in [-0.2, 0) is 9.59 Å². The second-order valence-corrected chi connectivity index (χ2v) is 4.52. The van der Waals surface area contributed by atoms with E-state index in [1.807, 2.05) is 6.07 Å². The van der Waals surface area contributed by atoms with Gasteiger partial charge in [-0.25, -0.2) is 4.39 Å². The summed E-state index contributed by atoms with van der Waals surface area (Å²) >= 11 is 0. The van der Waals surface area contributed by atoms with E-state index in [0.717, 1.165) is 6.07 Å². The largest absolute Gasteiger partial charge is 0.484 e. The molecule has 0 saturated carbocycles. The Morgan fingerprint density at radius 3 is 2.45 bits per heavy atom. The van der Waals surface area contributed by atoms with Crippen molar-refractivity contribution < 1.29 is 18.7 Å². The number of amides is 2. The van der Waals surface area contributed by atoms with Crippen LogP contribution in [0.25, 0.3) is 0 Å². The van der Waals surface area contributed by atoms with Crippen molar-refractivity contribution in [1.82, 2.24) is 0 Å². The van der Waals surface area contributed by atoms with Crippen LogP contribution in [0.1, 0.15) is 6.92 Å². The summed E-state index contributed by atoms with van der Waals surface area (Å²) in [5.41, 5.74) is 0.499. The van der Waals surface area contributed by atoms with Gasteiger partial charge in [-0.05, 0) is 30.3 Å². The minimum Gasteiger partial charge on any atom is -0.484 e. The molecule has 22 heavy (non-hydrogen) atoms. The zero-order valence-corrected chi connectivity index (χ0v) is 11.9. The number of hydrogen-bond acceptors (Lipinski definition) is 3. The summed E-state index contributed by atoms with van der Waals surface area (Å²) in [7, 11) is 0. The van der Waals surface area contributed by atoms with Gasteiger partial charge in [0.2, 0.25) is 5.91 Å². The predicted octanol–water partition coefficient (Wildman–Crippen LogP) is 2.80. The highest BCUT2D eigenvalue weighted by Crippen LogP contribution is 2.22. The summed E-state index contributed by atoms with van der Waals surface area (Å²) in [6.07, 6.45) is 0. The third kappa shape index (κ3) is 4.59.